The van der Waals surface area contributed by atoms with E-state index >= 15 is 0 Å². The molecule has 41 heavy (non-hydrogen) atoms. The molecule has 1 aliphatic heterocycles. The summed E-state index contributed by atoms with van der Waals surface area (Å²) in [5.74, 6) is -1.27. The van der Waals surface area contributed by atoms with Crippen LogP contribution in [0.25, 0.3) is 0 Å². The average molecular weight is 567 g/mol. The number of nitriles is 1. The molecule has 1 fully saturated rings. The molecule has 0 aliphatic carbocycles. The number of anilines is 3. The number of carbonyl (C=O) groups is 2. The number of carbonyl (C=O) groups excluding carboxylic acids is 2. The summed E-state index contributed by atoms with van der Waals surface area (Å²) in [5.41, 5.74) is -1.88. The van der Waals surface area contributed by atoms with Crippen LogP contribution in [0.5, 0.6) is 0 Å². The molecule has 4 rings (SSSR count). The molecule has 0 atom stereocenters. The number of benzene rings is 3. The number of rotatable bonds is 7. The number of halogens is 4. The van der Waals surface area contributed by atoms with Gasteiger partial charge in [-0.05, 0) is 61.9 Å². The van der Waals surface area contributed by atoms with Crippen LogP contribution < -0.4 is 10.2 Å². The summed E-state index contributed by atoms with van der Waals surface area (Å²) in [4.78, 5) is 34.5. The molecular weight excluding hydrogens is 540 g/mol. The monoisotopic (exact) mass is 566 g/mol. The summed E-state index contributed by atoms with van der Waals surface area (Å²) in [6.45, 7) is 2.92. The van der Waals surface area contributed by atoms with Gasteiger partial charge < -0.3 is 15.1 Å². The second-order valence-corrected chi connectivity index (χ2v) is 10.1. The summed E-state index contributed by atoms with van der Waals surface area (Å²) in [7, 11) is 3.52. The Labute approximate surface area is 234 Å². The molecule has 3 aromatic carbocycles. The summed E-state index contributed by atoms with van der Waals surface area (Å²) in [6, 6.07) is 14.7. The zero-order valence-corrected chi connectivity index (χ0v) is 22.6. The molecule has 1 aliphatic rings. The van der Waals surface area contributed by atoms with E-state index in [1.165, 1.54) is 43.3 Å². The third kappa shape index (κ3) is 5.84. The Kier molecular flexibility index (Phi) is 7.74. The molecule has 0 spiro atoms. The maximum Gasteiger partial charge on any atom is 0.417 e. The van der Waals surface area contributed by atoms with Gasteiger partial charge in [-0.25, -0.2) is 19.1 Å². The second-order valence-electron chi connectivity index (χ2n) is 10.1. The molecule has 1 N–H and O–H groups in total. The number of amides is 3. The number of para-hydroxylation sites is 1. The Morgan fingerprint density at radius 3 is 2.41 bits per heavy atom. The Morgan fingerprint density at radius 1 is 1.07 bits per heavy atom. The van der Waals surface area contributed by atoms with Crippen LogP contribution in [0.4, 0.5) is 45.1 Å². The van der Waals surface area contributed by atoms with Crippen molar-refractivity contribution >= 4 is 41.0 Å². The minimum atomic E-state index is -4.86. The number of nitrogens with zero attached hydrogens (tertiary/aromatic N) is 5. The van der Waals surface area contributed by atoms with Crippen molar-refractivity contribution in [3.8, 4) is 6.07 Å². The van der Waals surface area contributed by atoms with Gasteiger partial charge in [-0.15, -0.1) is 0 Å². The van der Waals surface area contributed by atoms with Crippen LogP contribution in [0.3, 0.4) is 0 Å². The standard InChI is InChI=1S/C29H26F4N6O2/c1-28(2)26(40)39(21-11-9-18(15-34)22(14-21)29(31,32)33)27(41)38(28)16-19-7-5-6-8-24(19)36-20-10-12-25(23(30)13-20)35-17-37(3)4/h5-14,17,36H,16H2,1-4H3/b35-17-. The van der Waals surface area contributed by atoms with E-state index in [-0.39, 0.29) is 17.9 Å². The predicted molar refractivity (Wildman–Crippen MR) is 147 cm³/mol. The lowest BCUT2D eigenvalue weighted by molar-refractivity contribution is -0.137. The van der Waals surface area contributed by atoms with E-state index < -0.39 is 40.6 Å². The third-order valence-electron chi connectivity index (χ3n) is 6.51. The highest BCUT2D eigenvalue weighted by Crippen LogP contribution is 2.39. The highest BCUT2D eigenvalue weighted by molar-refractivity contribution is 6.23. The van der Waals surface area contributed by atoms with Crippen LogP contribution in [0, 0.1) is 17.1 Å². The van der Waals surface area contributed by atoms with Crippen LogP contribution in [0.15, 0.2) is 65.7 Å². The average Bonchev–Trinajstić information content (AvgIpc) is 3.07. The quantitative estimate of drug-likeness (QED) is 0.154. The molecule has 3 aromatic rings. The number of nitrogens with one attached hydrogen (secondary N) is 1. The van der Waals surface area contributed by atoms with Crippen molar-refractivity contribution in [1.29, 1.82) is 5.26 Å². The molecule has 0 unspecified atom stereocenters. The summed E-state index contributed by atoms with van der Waals surface area (Å²) in [5, 5.41) is 12.2. The molecule has 0 radical (unpaired) electrons. The molecule has 0 aromatic heterocycles. The van der Waals surface area contributed by atoms with E-state index in [1.807, 2.05) is 0 Å². The fraction of sp³-hybridized carbons (Fsp3) is 0.241. The van der Waals surface area contributed by atoms with E-state index in [4.69, 9.17) is 5.26 Å². The van der Waals surface area contributed by atoms with Crippen LogP contribution in [-0.4, -0.2) is 47.7 Å². The lowest BCUT2D eigenvalue weighted by atomic mass is 10.0. The van der Waals surface area contributed by atoms with Crippen molar-refractivity contribution in [1.82, 2.24) is 9.80 Å². The van der Waals surface area contributed by atoms with Gasteiger partial charge >= 0.3 is 12.2 Å². The molecular formula is C29H26F4N6O2. The van der Waals surface area contributed by atoms with Gasteiger partial charge in [-0.1, -0.05) is 18.2 Å². The number of imide groups is 1. The first-order valence-corrected chi connectivity index (χ1v) is 12.4. The van der Waals surface area contributed by atoms with Gasteiger partial charge in [0, 0.05) is 25.5 Å². The molecule has 8 nitrogen and oxygen atoms in total. The molecule has 3 amide bonds. The third-order valence-corrected chi connectivity index (χ3v) is 6.51. The van der Waals surface area contributed by atoms with Crippen molar-refractivity contribution in [2.24, 2.45) is 4.99 Å². The molecule has 212 valence electrons. The minimum Gasteiger partial charge on any atom is -0.369 e. The van der Waals surface area contributed by atoms with Crippen LogP contribution >= 0.6 is 0 Å². The maximum absolute atomic E-state index is 14.6. The van der Waals surface area contributed by atoms with Gasteiger partial charge in [0.25, 0.3) is 5.91 Å². The van der Waals surface area contributed by atoms with Crippen molar-refractivity contribution in [3.63, 3.8) is 0 Å². The van der Waals surface area contributed by atoms with Gasteiger partial charge in [-0.3, -0.25) is 4.79 Å². The van der Waals surface area contributed by atoms with E-state index in [2.05, 4.69) is 10.3 Å². The Hall–Kier alpha value is -4.92. The molecule has 0 saturated carbocycles. The van der Waals surface area contributed by atoms with Gasteiger partial charge in [0.1, 0.15) is 11.2 Å². The molecule has 0 bridgehead atoms. The number of aliphatic imine (C=N–C) groups is 1. The number of alkyl halides is 3. The van der Waals surface area contributed by atoms with Crippen molar-refractivity contribution < 1.29 is 27.2 Å². The molecule has 12 heteroatoms. The predicted octanol–water partition coefficient (Wildman–Crippen LogP) is 6.43. The van der Waals surface area contributed by atoms with Crippen molar-refractivity contribution in [2.75, 3.05) is 24.3 Å². The largest absolute Gasteiger partial charge is 0.417 e. The lowest BCUT2D eigenvalue weighted by Crippen LogP contribution is -2.43. The highest BCUT2D eigenvalue weighted by atomic mass is 19.4. The van der Waals surface area contributed by atoms with Crippen LogP contribution in [0.1, 0.15) is 30.5 Å². The second kappa shape index (κ2) is 10.9. The molecule has 1 saturated heterocycles. The fourth-order valence-electron chi connectivity index (χ4n) is 4.31. The van der Waals surface area contributed by atoms with Crippen LogP contribution in [-0.2, 0) is 17.5 Å². The van der Waals surface area contributed by atoms with Gasteiger partial charge in [0.05, 0.1) is 35.8 Å². The summed E-state index contributed by atoms with van der Waals surface area (Å²) in [6.07, 6.45) is -3.38. The number of urea groups is 1. The van der Waals surface area contributed by atoms with Gasteiger partial charge in [0.15, 0.2) is 5.82 Å². The highest BCUT2D eigenvalue weighted by Gasteiger charge is 2.52. The van der Waals surface area contributed by atoms with Gasteiger partial charge in [0.2, 0.25) is 0 Å². The van der Waals surface area contributed by atoms with E-state index in [0.29, 0.717) is 27.9 Å². The SMILES string of the molecule is CN(C)/C=N\c1ccc(Nc2ccccc2CN2C(=O)N(c3ccc(C#N)c(C(F)(F)F)c3)C(=O)C2(C)C)cc1F. The first-order valence-electron chi connectivity index (χ1n) is 12.4. The topological polar surface area (TPSA) is 92.0 Å². The Morgan fingerprint density at radius 2 is 1.78 bits per heavy atom. The Bertz CT molecular complexity index is 1580. The lowest BCUT2D eigenvalue weighted by Gasteiger charge is -2.28. The summed E-state index contributed by atoms with van der Waals surface area (Å²) >= 11 is 0. The number of hydrogen-bond acceptors (Lipinski definition) is 5. The van der Waals surface area contributed by atoms with E-state index in [1.54, 1.807) is 49.3 Å². The first-order chi connectivity index (χ1) is 19.2. The smallest absolute Gasteiger partial charge is 0.369 e. The first kappa shape index (κ1) is 29.1. The Balaban J connectivity index is 1.63. The van der Waals surface area contributed by atoms with Crippen LogP contribution in [0.2, 0.25) is 0 Å². The maximum atomic E-state index is 14.6. The minimum absolute atomic E-state index is 0.0760. The van der Waals surface area contributed by atoms with Crippen molar-refractivity contribution in [3.05, 3.63) is 83.2 Å². The van der Waals surface area contributed by atoms with Gasteiger partial charge in [-0.2, -0.15) is 18.4 Å². The normalized spacial score (nSPS) is 15.0. The fourth-order valence-corrected chi connectivity index (χ4v) is 4.31. The number of hydrogen-bond donors (Lipinski definition) is 1. The van der Waals surface area contributed by atoms with E-state index in [9.17, 15) is 27.2 Å². The van der Waals surface area contributed by atoms with E-state index in [0.717, 1.165) is 12.1 Å². The molecule has 1 heterocycles. The zero-order valence-electron chi connectivity index (χ0n) is 22.6. The van der Waals surface area contributed by atoms with Crippen molar-refractivity contribution in [2.45, 2.75) is 32.1 Å². The zero-order chi connectivity index (χ0) is 30.1. The summed E-state index contributed by atoms with van der Waals surface area (Å²) < 4.78 is 55.3.